The van der Waals surface area contributed by atoms with Crippen molar-refractivity contribution in [3.8, 4) is 0 Å². The zero-order valence-electron chi connectivity index (χ0n) is 8.95. The largest absolute Gasteiger partial charge is 0.411 e. The van der Waals surface area contributed by atoms with E-state index in [0.29, 0.717) is 0 Å². The maximum absolute atomic E-state index is 8.99. The van der Waals surface area contributed by atoms with Crippen LogP contribution >= 0.6 is 0 Å². The molecule has 2 aliphatic carbocycles. The van der Waals surface area contributed by atoms with Crippen molar-refractivity contribution in [1.82, 2.24) is 0 Å². The quantitative estimate of drug-likeness (QED) is 0.508. The number of aryl methyl sites for hydroxylation is 1. The van der Waals surface area contributed by atoms with E-state index in [4.69, 9.17) is 5.21 Å². The highest BCUT2D eigenvalue weighted by molar-refractivity contribution is 6.03. The van der Waals surface area contributed by atoms with E-state index in [0.717, 1.165) is 24.5 Å². The maximum Gasteiger partial charge on any atom is 0.0870 e. The van der Waals surface area contributed by atoms with Crippen molar-refractivity contribution in [2.75, 3.05) is 0 Å². The first kappa shape index (κ1) is 8.96. The van der Waals surface area contributed by atoms with E-state index < -0.39 is 0 Å². The Morgan fingerprint density at radius 1 is 1.27 bits per heavy atom. The summed E-state index contributed by atoms with van der Waals surface area (Å²) in [5, 5.41) is 12.4. The fraction of sp³-hybridized carbons (Fsp3) is 0.462. The highest BCUT2D eigenvalue weighted by atomic mass is 16.4. The van der Waals surface area contributed by atoms with Gasteiger partial charge >= 0.3 is 0 Å². The van der Waals surface area contributed by atoms with Crippen molar-refractivity contribution < 1.29 is 5.21 Å². The van der Waals surface area contributed by atoms with Gasteiger partial charge in [-0.3, -0.25) is 0 Å². The standard InChI is InChI=1S/C13H15NO/c1-8-2-5-11-12(14-15)7-4-9-3-6-10(8)13(9)11/h2,5,9,15H,3-4,6-7H2,1H3. The lowest BCUT2D eigenvalue weighted by atomic mass is 9.82. The van der Waals surface area contributed by atoms with E-state index in [2.05, 4.69) is 24.2 Å². The van der Waals surface area contributed by atoms with Gasteiger partial charge in [-0.05, 0) is 55.2 Å². The zero-order valence-corrected chi connectivity index (χ0v) is 8.95. The molecule has 0 aromatic heterocycles. The molecule has 1 atom stereocenters. The molecule has 15 heavy (non-hydrogen) atoms. The van der Waals surface area contributed by atoms with Gasteiger partial charge in [-0.15, -0.1) is 0 Å². The topological polar surface area (TPSA) is 32.6 Å². The van der Waals surface area contributed by atoms with Gasteiger partial charge in [0.25, 0.3) is 0 Å². The van der Waals surface area contributed by atoms with Crippen LogP contribution in [0.25, 0.3) is 0 Å². The lowest BCUT2D eigenvalue weighted by Crippen LogP contribution is -2.15. The van der Waals surface area contributed by atoms with E-state index >= 15 is 0 Å². The number of oxime groups is 1. The van der Waals surface area contributed by atoms with Crippen LogP contribution in [0.2, 0.25) is 0 Å². The number of hydrogen-bond donors (Lipinski definition) is 1. The molecule has 0 aliphatic heterocycles. The van der Waals surface area contributed by atoms with Crippen LogP contribution in [-0.2, 0) is 6.42 Å². The molecule has 78 valence electrons. The average molecular weight is 201 g/mol. The monoisotopic (exact) mass is 201 g/mol. The Bertz CT molecular complexity index is 448. The van der Waals surface area contributed by atoms with Crippen molar-refractivity contribution in [2.45, 2.75) is 38.5 Å². The summed E-state index contributed by atoms with van der Waals surface area (Å²) in [5.74, 6) is 0.723. The van der Waals surface area contributed by atoms with Crippen LogP contribution in [0.5, 0.6) is 0 Å². The summed E-state index contributed by atoms with van der Waals surface area (Å²) < 4.78 is 0. The SMILES string of the molecule is Cc1ccc2c3c1CCC3CCC2=NO. The number of rotatable bonds is 0. The van der Waals surface area contributed by atoms with Crippen LogP contribution in [-0.4, -0.2) is 10.9 Å². The predicted molar refractivity (Wildman–Crippen MR) is 59.8 cm³/mol. The number of benzene rings is 1. The van der Waals surface area contributed by atoms with Gasteiger partial charge in [-0.25, -0.2) is 0 Å². The fourth-order valence-electron chi connectivity index (χ4n) is 3.12. The van der Waals surface area contributed by atoms with Crippen molar-refractivity contribution in [3.63, 3.8) is 0 Å². The minimum Gasteiger partial charge on any atom is -0.411 e. The van der Waals surface area contributed by atoms with Gasteiger partial charge in [0.1, 0.15) is 0 Å². The maximum atomic E-state index is 8.99. The molecule has 0 bridgehead atoms. The molecule has 3 rings (SSSR count). The minimum absolute atomic E-state index is 0.723. The van der Waals surface area contributed by atoms with Gasteiger partial charge in [-0.2, -0.15) is 0 Å². The lowest BCUT2D eigenvalue weighted by molar-refractivity contribution is 0.317. The molecule has 1 N–H and O–H groups in total. The molecule has 0 heterocycles. The zero-order chi connectivity index (χ0) is 10.4. The van der Waals surface area contributed by atoms with E-state index in [-0.39, 0.29) is 0 Å². The molecule has 0 spiro atoms. The van der Waals surface area contributed by atoms with Gasteiger partial charge in [0, 0.05) is 5.56 Å². The predicted octanol–water partition coefficient (Wildman–Crippen LogP) is 3.00. The van der Waals surface area contributed by atoms with Crippen molar-refractivity contribution in [3.05, 3.63) is 34.4 Å². The second-order valence-corrected chi connectivity index (χ2v) is 4.64. The summed E-state index contributed by atoms with van der Waals surface area (Å²) in [4.78, 5) is 0. The molecule has 1 aromatic carbocycles. The number of hydrogen-bond acceptors (Lipinski definition) is 2. The molecular weight excluding hydrogens is 186 g/mol. The summed E-state index contributed by atoms with van der Waals surface area (Å²) in [5.41, 5.74) is 6.47. The molecule has 1 unspecified atom stereocenters. The summed E-state index contributed by atoms with van der Waals surface area (Å²) >= 11 is 0. The molecule has 0 amide bonds. The van der Waals surface area contributed by atoms with Gasteiger partial charge in [-0.1, -0.05) is 17.3 Å². The van der Waals surface area contributed by atoms with Crippen LogP contribution in [0.4, 0.5) is 0 Å². The first-order valence-electron chi connectivity index (χ1n) is 5.65. The molecule has 2 heteroatoms. The Kier molecular flexibility index (Phi) is 1.84. The first-order valence-corrected chi connectivity index (χ1v) is 5.65. The Labute approximate surface area is 89.6 Å². The third-order valence-electron chi connectivity index (χ3n) is 3.90. The lowest BCUT2D eigenvalue weighted by Gasteiger charge is -2.23. The van der Waals surface area contributed by atoms with Gasteiger partial charge in [0.2, 0.25) is 0 Å². The molecule has 0 saturated heterocycles. The molecule has 2 nitrogen and oxygen atoms in total. The van der Waals surface area contributed by atoms with Gasteiger partial charge < -0.3 is 5.21 Å². The smallest absolute Gasteiger partial charge is 0.0870 e. The molecule has 0 fully saturated rings. The summed E-state index contributed by atoms with van der Waals surface area (Å²) in [6.45, 7) is 2.18. The third-order valence-corrected chi connectivity index (χ3v) is 3.90. The Morgan fingerprint density at radius 3 is 2.87 bits per heavy atom. The van der Waals surface area contributed by atoms with Crippen molar-refractivity contribution in [2.24, 2.45) is 5.16 Å². The molecule has 0 saturated carbocycles. The van der Waals surface area contributed by atoms with E-state index in [1.807, 2.05) is 0 Å². The summed E-state index contributed by atoms with van der Waals surface area (Å²) in [6, 6.07) is 4.29. The molecular formula is C13H15NO. The summed E-state index contributed by atoms with van der Waals surface area (Å²) in [6.07, 6.45) is 4.57. The minimum atomic E-state index is 0.723. The van der Waals surface area contributed by atoms with Crippen LogP contribution in [0.3, 0.4) is 0 Å². The molecule has 2 aliphatic rings. The van der Waals surface area contributed by atoms with Gasteiger partial charge in [0.15, 0.2) is 0 Å². The van der Waals surface area contributed by atoms with E-state index in [9.17, 15) is 0 Å². The Balaban J connectivity index is 2.27. The average Bonchev–Trinajstić information content (AvgIpc) is 2.69. The Morgan fingerprint density at radius 2 is 2.07 bits per heavy atom. The number of nitrogens with zero attached hydrogens (tertiary/aromatic N) is 1. The van der Waals surface area contributed by atoms with Crippen LogP contribution in [0, 0.1) is 6.92 Å². The van der Waals surface area contributed by atoms with Crippen LogP contribution in [0.15, 0.2) is 17.3 Å². The highest BCUT2D eigenvalue weighted by Gasteiger charge is 2.31. The van der Waals surface area contributed by atoms with Gasteiger partial charge in [0.05, 0.1) is 5.71 Å². The van der Waals surface area contributed by atoms with Crippen LogP contribution < -0.4 is 0 Å². The van der Waals surface area contributed by atoms with E-state index in [1.54, 1.807) is 0 Å². The van der Waals surface area contributed by atoms with Crippen LogP contribution in [0.1, 0.15) is 47.4 Å². The van der Waals surface area contributed by atoms with Crippen molar-refractivity contribution >= 4 is 5.71 Å². The third kappa shape index (κ3) is 1.14. The molecule has 1 aromatic rings. The second kappa shape index (κ2) is 3.09. The summed E-state index contributed by atoms with van der Waals surface area (Å²) in [7, 11) is 0. The Hall–Kier alpha value is -1.31. The normalized spacial score (nSPS) is 25.7. The second-order valence-electron chi connectivity index (χ2n) is 4.64. The fourth-order valence-corrected chi connectivity index (χ4v) is 3.12. The van der Waals surface area contributed by atoms with Crippen molar-refractivity contribution in [1.29, 1.82) is 0 Å². The first-order chi connectivity index (χ1) is 7.31. The highest BCUT2D eigenvalue weighted by Crippen LogP contribution is 2.43. The van der Waals surface area contributed by atoms with E-state index in [1.165, 1.54) is 35.1 Å². The molecule has 0 radical (unpaired) electrons.